The zero-order valence-electron chi connectivity index (χ0n) is 15.2. The average Bonchev–Trinajstić information content (AvgIpc) is 3.08. The maximum atomic E-state index is 12.3. The minimum absolute atomic E-state index is 0.170. The molecule has 1 amide bonds. The summed E-state index contributed by atoms with van der Waals surface area (Å²) in [6, 6.07) is 9.96. The molecule has 0 unspecified atom stereocenters. The van der Waals surface area contributed by atoms with E-state index < -0.39 is 0 Å². The molecule has 2 heterocycles. The molecule has 0 saturated carbocycles. The van der Waals surface area contributed by atoms with Gasteiger partial charge in [0.2, 0.25) is 0 Å². The third kappa shape index (κ3) is 4.92. The molecule has 25 heavy (non-hydrogen) atoms. The zero-order chi connectivity index (χ0) is 17.6. The number of nitrogens with zero attached hydrogens (tertiary/aromatic N) is 2. The fraction of sp³-hybridized carbons (Fsp3) is 0.500. The predicted octanol–water partition coefficient (Wildman–Crippen LogP) is 3.85. The van der Waals surface area contributed by atoms with E-state index in [4.69, 9.17) is 0 Å². The Morgan fingerprint density at radius 3 is 2.68 bits per heavy atom. The van der Waals surface area contributed by atoms with Crippen molar-refractivity contribution >= 4 is 11.6 Å². The summed E-state index contributed by atoms with van der Waals surface area (Å²) in [6.45, 7) is 7.78. The standard InChI is InChI=1S/C20H28N4O/c1-3-4-18-13-19(23-22-18)20(25)21-17-7-5-16(6-8-17)14-24-11-9-15(2)10-12-24/h5-8,13,15H,3-4,9-12,14H2,1-2H3,(H,21,25)(H,22,23). The Hall–Kier alpha value is -2.14. The summed E-state index contributed by atoms with van der Waals surface area (Å²) < 4.78 is 0. The van der Waals surface area contributed by atoms with Gasteiger partial charge in [0.25, 0.3) is 5.91 Å². The third-order valence-electron chi connectivity index (χ3n) is 4.88. The highest BCUT2D eigenvalue weighted by atomic mass is 16.1. The smallest absolute Gasteiger partial charge is 0.276 e. The van der Waals surface area contributed by atoms with Crippen LogP contribution in [-0.2, 0) is 13.0 Å². The zero-order valence-corrected chi connectivity index (χ0v) is 15.2. The van der Waals surface area contributed by atoms with Gasteiger partial charge in [-0.1, -0.05) is 32.4 Å². The van der Waals surface area contributed by atoms with Crippen LogP contribution in [0, 0.1) is 5.92 Å². The fourth-order valence-corrected chi connectivity index (χ4v) is 3.24. The van der Waals surface area contributed by atoms with E-state index in [1.165, 1.54) is 31.5 Å². The van der Waals surface area contributed by atoms with Crippen molar-refractivity contribution in [2.75, 3.05) is 18.4 Å². The number of aromatic amines is 1. The topological polar surface area (TPSA) is 61.0 Å². The van der Waals surface area contributed by atoms with Crippen LogP contribution in [0.15, 0.2) is 30.3 Å². The van der Waals surface area contributed by atoms with Gasteiger partial charge in [-0.2, -0.15) is 5.10 Å². The van der Waals surface area contributed by atoms with Crippen molar-refractivity contribution in [1.82, 2.24) is 15.1 Å². The number of aryl methyl sites for hydroxylation is 1. The predicted molar refractivity (Wildman–Crippen MR) is 101 cm³/mol. The van der Waals surface area contributed by atoms with Crippen LogP contribution in [0.3, 0.4) is 0 Å². The van der Waals surface area contributed by atoms with E-state index in [1.54, 1.807) is 0 Å². The maximum Gasteiger partial charge on any atom is 0.276 e. The Morgan fingerprint density at radius 1 is 1.28 bits per heavy atom. The lowest BCUT2D eigenvalue weighted by molar-refractivity contribution is 0.102. The molecule has 0 bridgehead atoms. The molecule has 1 aromatic carbocycles. The van der Waals surface area contributed by atoms with Crippen molar-refractivity contribution in [3.8, 4) is 0 Å². The number of hydrogen-bond acceptors (Lipinski definition) is 3. The number of benzene rings is 1. The molecule has 1 fully saturated rings. The van der Waals surface area contributed by atoms with Gasteiger partial charge in [-0.15, -0.1) is 0 Å². The Morgan fingerprint density at radius 2 is 2.00 bits per heavy atom. The first-order chi connectivity index (χ1) is 12.1. The number of aromatic nitrogens is 2. The Balaban J connectivity index is 1.53. The summed E-state index contributed by atoms with van der Waals surface area (Å²) in [4.78, 5) is 14.8. The van der Waals surface area contributed by atoms with Crippen LogP contribution in [-0.4, -0.2) is 34.1 Å². The lowest BCUT2D eigenvalue weighted by atomic mass is 9.99. The maximum absolute atomic E-state index is 12.3. The van der Waals surface area contributed by atoms with Crippen molar-refractivity contribution in [2.24, 2.45) is 5.92 Å². The van der Waals surface area contributed by atoms with Gasteiger partial charge in [0, 0.05) is 17.9 Å². The van der Waals surface area contributed by atoms with Gasteiger partial charge < -0.3 is 5.32 Å². The number of anilines is 1. The third-order valence-corrected chi connectivity index (χ3v) is 4.88. The summed E-state index contributed by atoms with van der Waals surface area (Å²) >= 11 is 0. The van der Waals surface area contributed by atoms with E-state index in [9.17, 15) is 4.79 Å². The molecule has 1 aliphatic rings. The highest BCUT2D eigenvalue weighted by Crippen LogP contribution is 2.19. The molecule has 134 valence electrons. The lowest BCUT2D eigenvalue weighted by Crippen LogP contribution is -2.32. The van der Waals surface area contributed by atoms with E-state index in [2.05, 4.69) is 46.4 Å². The molecule has 1 aromatic heterocycles. The SMILES string of the molecule is CCCc1cc(C(=O)Nc2ccc(CN3CCC(C)CC3)cc2)n[nH]1. The second kappa shape index (κ2) is 8.30. The first-order valence-corrected chi connectivity index (χ1v) is 9.31. The Kier molecular flexibility index (Phi) is 5.87. The van der Waals surface area contributed by atoms with Crippen LogP contribution in [0.25, 0.3) is 0 Å². The summed E-state index contributed by atoms with van der Waals surface area (Å²) in [7, 11) is 0. The molecular formula is C20H28N4O. The van der Waals surface area contributed by atoms with E-state index in [1.807, 2.05) is 18.2 Å². The van der Waals surface area contributed by atoms with E-state index in [-0.39, 0.29) is 5.91 Å². The fourth-order valence-electron chi connectivity index (χ4n) is 3.24. The summed E-state index contributed by atoms with van der Waals surface area (Å²) in [5.41, 5.74) is 3.53. The molecule has 0 aliphatic carbocycles. The van der Waals surface area contributed by atoms with Crippen molar-refractivity contribution in [3.05, 3.63) is 47.3 Å². The van der Waals surface area contributed by atoms with Crippen molar-refractivity contribution in [3.63, 3.8) is 0 Å². The number of nitrogens with one attached hydrogen (secondary N) is 2. The normalized spacial score (nSPS) is 16.1. The second-order valence-corrected chi connectivity index (χ2v) is 7.14. The summed E-state index contributed by atoms with van der Waals surface area (Å²) in [5, 5.41) is 9.92. The largest absolute Gasteiger partial charge is 0.321 e. The number of carbonyl (C=O) groups is 1. The molecule has 2 aromatic rings. The lowest BCUT2D eigenvalue weighted by Gasteiger charge is -2.30. The number of rotatable bonds is 6. The molecule has 2 N–H and O–H groups in total. The van der Waals surface area contributed by atoms with Gasteiger partial charge in [-0.05, 0) is 62.0 Å². The van der Waals surface area contributed by atoms with Gasteiger partial charge >= 0.3 is 0 Å². The van der Waals surface area contributed by atoms with Gasteiger partial charge in [0.05, 0.1) is 0 Å². The van der Waals surface area contributed by atoms with Crippen LogP contribution in [0.4, 0.5) is 5.69 Å². The molecule has 1 saturated heterocycles. The van der Waals surface area contributed by atoms with Crippen LogP contribution in [0.1, 0.15) is 54.9 Å². The van der Waals surface area contributed by atoms with Gasteiger partial charge in [0.15, 0.2) is 5.69 Å². The Labute approximate surface area is 149 Å². The molecule has 5 nitrogen and oxygen atoms in total. The molecule has 1 aliphatic heterocycles. The van der Waals surface area contributed by atoms with Crippen molar-refractivity contribution < 1.29 is 4.79 Å². The number of amides is 1. The quantitative estimate of drug-likeness (QED) is 0.840. The first kappa shape index (κ1) is 17.7. The summed E-state index contributed by atoms with van der Waals surface area (Å²) in [5.74, 6) is 0.685. The Bertz CT molecular complexity index is 684. The second-order valence-electron chi connectivity index (χ2n) is 7.14. The van der Waals surface area contributed by atoms with Crippen LogP contribution < -0.4 is 5.32 Å². The number of piperidine rings is 1. The van der Waals surface area contributed by atoms with Crippen molar-refractivity contribution in [1.29, 1.82) is 0 Å². The highest BCUT2D eigenvalue weighted by molar-refractivity contribution is 6.02. The van der Waals surface area contributed by atoms with Crippen molar-refractivity contribution in [2.45, 2.75) is 46.1 Å². The highest BCUT2D eigenvalue weighted by Gasteiger charge is 2.16. The van der Waals surface area contributed by atoms with E-state index in [0.29, 0.717) is 5.69 Å². The molecule has 0 radical (unpaired) electrons. The van der Waals surface area contributed by atoms with Crippen LogP contribution >= 0.6 is 0 Å². The molecule has 3 rings (SSSR count). The number of carbonyl (C=O) groups excluding carboxylic acids is 1. The monoisotopic (exact) mass is 340 g/mol. The van der Waals surface area contributed by atoms with E-state index in [0.717, 1.165) is 36.7 Å². The molecule has 0 spiro atoms. The minimum Gasteiger partial charge on any atom is -0.321 e. The van der Waals surface area contributed by atoms with E-state index >= 15 is 0 Å². The van der Waals surface area contributed by atoms with Gasteiger partial charge in [0.1, 0.15) is 0 Å². The van der Waals surface area contributed by atoms with Crippen LogP contribution in [0.5, 0.6) is 0 Å². The number of H-pyrrole nitrogens is 1. The summed E-state index contributed by atoms with van der Waals surface area (Å²) in [6.07, 6.45) is 4.51. The molecule has 5 heteroatoms. The average molecular weight is 340 g/mol. The number of hydrogen-bond donors (Lipinski definition) is 2. The van der Waals surface area contributed by atoms with Gasteiger partial charge in [-0.25, -0.2) is 0 Å². The first-order valence-electron chi connectivity index (χ1n) is 9.31. The minimum atomic E-state index is -0.170. The van der Waals surface area contributed by atoms with Crippen LogP contribution in [0.2, 0.25) is 0 Å². The number of likely N-dealkylation sites (tertiary alicyclic amines) is 1. The molecular weight excluding hydrogens is 312 g/mol. The molecule has 0 atom stereocenters. The van der Waals surface area contributed by atoms with Gasteiger partial charge in [-0.3, -0.25) is 14.8 Å².